The second-order valence-corrected chi connectivity index (χ2v) is 5.90. The van der Waals surface area contributed by atoms with Gasteiger partial charge in [-0.3, -0.25) is 4.79 Å². The summed E-state index contributed by atoms with van der Waals surface area (Å²) in [7, 11) is 0. The molecule has 5 heteroatoms. The Balaban J connectivity index is 1.47. The molecule has 1 aromatic heterocycles. The molecule has 3 rings (SSSR count). The highest BCUT2D eigenvalue weighted by atomic mass is 16.2. The zero-order valence-electron chi connectivity index (χ0n) is 13.5. The van der Waals surface area contributed by atoms with Crippen molar-refractivity contribution in [2.24, 2.45) is 0 Å². The summed E-state index contributed by atoms with van der Waals surface area (Å²) in [5, 5.41) is 0. The normalized spacial score (nSPS) is 14.8. The van der Waals surface area contributed by atoms with Crippen LogP contribution in [0.4, 0.5) is 5.95 Å². The summed E-state index contributed by atoms with van der Waals surface area (Å²) in [5.74, 6) is 0.985. The van der Waals surface area contributed by atoms with Gasteiger partial charge in [0.15, 0.2) is 0 Å². The van der Waals surface area contributed by atoms with Crippen molar-refractivity contribution in [2.75, 3.05) is 31.1 Å². The van der Waals surface area contributed by atoms with E-state index < -0.39 is 0 Å². The summed E-state index contributed by atoms with van der Waals surface area (Å²) in [4.78, 5) is 25.0. The van der Waals surface area contributed by atoms with Crippen LogP contribution in [-0.2, 0) is 11.2 Å². The van der Waals surface area contributed by atoms with Gasteiger partial charge in [-0.25, -0.2) is 9.97 Å². The molecule has 1 saturated heterocycles. The maximum absolute atomic E-state index is 12.4. The van der Waals surface area contributed by atoms with Gasteiger partial charge in [0.25, 0.3) is 0 Å². The number of piperazine rings is 1. The van der Waals surface area contributed by atoms with E-state index in [0.29, 0.717) is 6.42 Å². The summed E-state index contributed by atoms with van der Waals surface area (Å²) in [6, 6.07) is 10.2. The van der Waals surface area contributed by atoms with E-state index in [4.69, 9.17) is 0 Å². The first kappa shape index (κ1) is 15.5. The van der Waals surface area contributed by atoms with E-state index in [1.165, 1.54) is 11.1 Å². The lowest BCUT2D eigenvalue weighted by Gasteiger charge is -2.34. The Hall–Kier alpha value is -2.43. The molecule has 1 fully saturated rings. The number of amides is 1. The quantitative estimate of drug-likeness (QED) is 0.867. The number of aryl methyl sites for hydroxylation is 2. The third kappa shape index (κ3) is 4.06. The maximum Gasteiger partial charge on any atom is 0.225 e. The SMILES string of the molecule is Cc1ccc(CCC(=O)N2CCN(c3ncccn3)CC2)cc1. The van der Waals surface area contributed by atoms with Crippen molar-refractivity contribution in [3.8, 4) is 0 Å². The largest absolute Gasteiger partial charge is 0.339 e. The lowest BCUT2D eigenvalue weighted by atomic mass is 10.1. The highest BCUT2D eigenvalue weighted by Gasteiger charge is 2.22. The first-order valence-electron chi connectivity index (χ1n) is 8.08. The highest BCUT2D eigenvalue weighted by molar-refractivity contribution is 5.76. The first-order chi connectivity index (χ1) is 11.2. The van der Waals surface area contributed by atoms with Crippen LogP contribution in [0.25, 0.3) is 0 Å². The molecule has 23 heavy (non-hydrogen) atoms. The Morgan fingerprint density at radius 2 is 1.70 bits per heavy atom. The number of hydrogen-bond acceptors (Lipinski definition) is 4. The zero-order chi connectivity index (χ0) is 16.1. The first-order valence-corrected chi connectivity index (χ1v) is 8.08. The van der Waals surface area contributed by atoms with E-state index >= 15 is 0 Å². The van der Waals surface area contributed by atoms with Gasteiger partial charge in [0, 0.05) is 45.0 Å². The molecule has 5 nitrogen and oxygen atoms in total. The average molecular weight is 310 g/mol. The summed E-state index contributed by atoms with van der Waals surface area (Å²) in [6.07, 6.45) is 4.88. The molecule has 0 atom stereocenters. The molecule has 1 amide bonds. The fourth-order valence-electron chi connectivity index (χ4n) is 2.77. The van der Waals surface area contributed by atoms with Crippen LogP contribution in [0.2, 0.25) is 0 Å². The Morgan fingerprint density at radius 3 is 2.35 bits per heavy atom. The third-order valence-electron chi connectivity index (χ3n) is 4.22. The number of benzene rings is 1. The van der Waals surface area contributed by atoms with E-state index in [1.807, 2.05) is 11.0 Å². The zero-order valence-corrected chi connectivity index (χ0v) is 13.5. The van der Waals surface area contributed by atoms with Gasteiger partial charge in [0.2, 0.25) is 11.9 Å². The van der Waals surface area contributed by atoms with Crippen LogP contribution in [0.3, 0.4) is 0 Å². The van der Waals surface area contributed by atoms with Crippen molar-refractivity contribution in [1.29, 1.82) is 0 Å². The van der Waals surface area contributed by atoms with Crippen LogP contribution in [0.5, 0.6) is 0 Å². The smallest absolute Gasteiger partial charge is 0.225 e. The second-order valence-electron chi connectivity index (χ2n) is 5.90. The van der Waals surface area contributed by atoms with E-state index in [2.05, 4.69) is 46.1 Å². The van der Waals surface area contributed by atoms with Gasteiger partial charge in [-0.05, 0) is 25.0 Å². The van der Waals surface area contributed by atoms with E-state index in [9.17, 15) is 4.79 Å². The number of anilines is 1. The number of carbonyl (C=O) groups excluding carboxylic acids is 1. The maximum atomic E-state index is 12.4. The third-order valence-corrected chi connectivity index (χ3v) is 4.22. The van der Waals surface area contributed by atoms with Crippen LogP contribution in [0.1, 0.15) is 17.5 Å². The second kappa shape index (κ2) is 7.22. The lowest BCUT2D eigenvalue weighted by Crippen LogP contribution is -2.49. The van der Waals surface area contributed by atoms with Gasteiger partial charge in [-0.15, -0.1) is 0 Å². The Kier molecular flexibility index (Phi) is 4.86. The molecule has 1 aliphatic rings. The number of carbonyl (C=O) groups is 1. The minimum Gasteiger partial charge on any atom is -0.339 e. The minimum atomic E-state index is 0.235. The summed E-state index contributed by atoms with van der Waals surface area (Å²) < 4.78 is 0. The van der Waals surface area contributed by atoms with Gasteiger partial charge < -0.3 is 9.80 Å². The van der Waals surface area contributed by atoms with Crippen LogP contribution in [0, 0.1) is 6.92 Å². The van der Waals surface area contributed by atoms with Crippen LogP contribution in [0.15, 0.2) is 42.7 Å². The van der Waals surface area contributed by atoms with Crippen LogP contribution >= 0.6 is 0 Å². The molecule has 2 heterocycles. The molecular weight excluding hydrogens is 288 g/mol. The molecule has 0 bridgehead atoms. The molecule has 0 aliphatic carbocycles. The predicted octanol–water partition coefficient (Wildman–Crippen LogP) is 2.07. The lowest BCUT2D eigenvalue weighted by molar-refractivity contribution is -0.131. The van der Waals surface area contributed by atoms with E-state index in [-0.39, 0.29) is 5.91 Å². The van der Waals surface area contributed by atoms with Gasteiger partial charge in [-0.2, -0.15) is 0 Å². The molecule has 0 radical (unpaired) electrons. The molecular formula is C18H22N4O. The van der Waals surface area contributed by atoms with Gasteiger partial charge in [0.1, 0.15) is 0 Å². The average Bonchev–Trinajstić information content (AvgIpc) is 2.62. The number of aromatic nitrogens is 2. The minimum absolute atomic E-state index is 0.235. The molecule has 0 spiro atoms. The van der Waals surface area contributed by atoms with Gasteiger partial charge in [-0.1, -0.05) is 29.8 Å². The Morgan fingerprint density at radius 1 is 1.04 bits per heavy atom. The topological polar surface area (TPSA) is 49.3 Å². The van der Waals surface area contributed by atoms with Crippen LogP contribution < -0.4 is 4.90 Å². The number of hydrogen-bond donors (Lipinski definition) is 0. The molecule has 120 valence electrons. The molecule has 2 aromatic rings. The number of rotatable bonds is 4. The van der Waals surface area contributed by atoms with Gasteiger partial charge in [0.05, 0.1) is 0 Å². The standard InChI is InChI=1S/C18H22N4O/c1-15-3-5-16(6-4-15)7-8-17(23)21-11-13-22(14-12-21)18-19-9-2-10-20-18/h2-6,9-10H,7-8,11-14H2,1H3. The molecule has 1 aromatic carbocycles. The Bertz CT molecular complexity index is 634. The monoisotopic (exact) mass is 310 g/mol. The molecule has 1 aliphatic heterocycles. The molecule has 0 unspecified atom stereocenters. The predicted molar refractivity (Wildman–Crippen MR) is 90.3 cm³/mol. The van der Waals surface area contributed by atoms with Crippen molar-refractivity contribution in [1.82, 2.24) is 14.9 Å². The number of nitrogens with zero attached hydrogens (tertiary/aromatic N) is 4. The summed E-state index contributed by atoms with van der Waals surface area (Å²) >= 11 is 0. The van der Waals surface area contributed by atoms with Crippen molar-refractivity contribution in [3.05, 3.63) is 53.9 Å². The fourth-order valence-corrected chi connectivity index (χ4v) is 2.77. The molecule has 0 saturated carbocycles. The van der Waals surface area contributed by atoms with E-state index in [0.717, 1.165) is 38.5 Å². The fraction of sp³-hybridized carbons (Fsp3) is 0.389. The van der Waals surface area contributed by atoms with Crippen LogP contribution in [-0.4, -0.2) is 47.0 Å². The summed E-state index contributed by atoms with van der Waals surface area (Å²) in [6.45, 7) is 5.14. The Labute approximate surface area is 137 Å². The highest BCUT2D eigenvalue weighted by Crippen LogP contribution is 2.12. The van der Waals surface area contributed by atoms with Crippen molar-refractivity contribution in [2.45, 2.75) is 19.8 Å². The van der Waals surface area contributed by atoms with Crippen molar-refractivity contribution < 1.29 is 4.79 Å². The van der Waals surface area contributed by atoms with Gasteiger partial charge >= 0.3 is 0 Å². The van der Waals surface area contributed by atoms with Crippen molar-refractivity contribution in [3.63, 3.8) is 0 Å². The summed E-state index contributed by atoms with van der Waals surface area (Å²) in [5.41, 5.74) is 2.47. The van der Waals surface area contributed by atoms with Crippen molar-refractivity contribution >= 4 is 11.9 Å². The van der Waals surface area contributed by atoms with E-state index in [1.54, 1.807) is 12.4 Å². The molecule has 0 N–H and O–H groups in total.